The second-order valence-electron chi connectivity index (χ2n) is 6.83. The molecular weight excluding hydrogens is 404 g/mol. The molecule has 1 aromatic carbocycles. The zero-order valence-corrected chi connectivity index (χ0v) is 17.8. The maximum atomic E-state index is 12.7. The Hall–Kier alpha value is -3.22. The van der Waals surface area contributed by atoms with Crippen LogP contribution in [0.2, 0.25) is 0 Å². The zero-order chi connectivity index (χ0) is 22.4. The van der Waals surface area contributed by atoms with E-state index in [1.165, 1.54) is 7.11 Å². The van der Waals surface area contributed by atoms with Gasteiger partial charge in [-0.15, -0.1) is 0 Å². The molecule has 1 atom stereocenters. The number of rotatable bonds is 8. The van der Waals surface area contributed by atoms with Crippen molar-refractivity contribution in [2.24, 2.45) is 5.73 Å². The first-order chi connectivity index (χ1) is 15.0. The van der Waals surface area contributed by atoms with Crippen LogP contribution in [0.4, 0.5) is 0 Å². The van der Waals surface area contributed by atoms with Crippen LogP contribution >= 0.6 is 0 Å². The third-order valence-corrected chi connectivity index (χ3v) is 4.92. The van der Waals surface area contributed by atoms with Gasteiger partial charge in [0.2, 0.25) is 5.88 Å². The van der Waals surface area contributed by atoms with Gasteiger partial charge in [-0.05, 0) is 31.5 Å². The van der Waals surface area contributed by atoms with Gasteiger partial charge in [-0.25, -0.2) is 4.79 Å². The molecule has 0 aromatic heterocycles. The fourth-order valence-electron chi connectivity index (χ4n) is 3.51. The van der Waals surface area contributed by atoms with Gasteiger partial charge in [-0.3, -0.25) is 0 Å². The van der Waals surface area contributed by atoms with Gasteiger partial charge in [0.1, 0.15) is 17.4 Å². The Morgan fingerprint density at radius 2 is 2.03 bits per heavy atom. The van der Waals surface area contributed by atoms with Crippen molar-refractivity contribution in [1.29, 1.82) is 5.26 Å². The van der Waals surface area contributed by atoms with Gasteiger partial charge in [0.15, 0.2) is 17.8 Å². The molecule has 0 amide bonds. The number of hydrogen-bond donors (Lipinski definition) is 1. The fourth-order valence-corrected chi connectivity index (χ4v) is 3.51. The predicted octanol–water partition coefficient (Wildman–Crippen LogP) is 2.48. The van der Waals surface area contributed by atoms with Crippen molar-refractivity contribution in [3.63, 3.8) is 0 Å². The van der Waals surface area contributed by atoms with E-state index in [0.29, 0.717) is 43.3 Å². The van der Waals surface area contributed by atoms with Crippen molar-refractivity contribution in [2.45, 2.75) is 32.5 Å². The van der Waals surface area contributed by atoms with Crippen LogP contribution in [-0.4, -0.2) is 45.8 Å². The summed E-state index contributed by atoms with van der Waals surface area (Å²) in [4.78, 5) is 12.7. The minimum Gasteiger partial charge on any atom is -0.493 e. The molecule has 0 aliphatic carbocycles. The summed E-state index contributed by atoms with van der Waals surface area (Å²) in [5, 5.41) is 9.72. The average molecular weight is 430 g/mol. The molecule has 0 radical (unpaired) electrons. The number of nitrogens with zero attached hydrogens (tertiary/aromatic N) is 1. The average Bonchev–Trinajstić information content (AvgIpc) is 3.27. The Labute approximate surface area is 180 Å². The van der Waals surface area contributed by atoms with E-state index in [1.807, 2.05) is 0 Å². The molecule has 9 heteroatoms. The third kappa shape index (κ3) is 4.93. The normalized spacial score (nSPS) is 19.1. The first-order valence-electron chi connectivity index (χ1n) is 9.99. The lowest BCUT2D eigenvalue weighted by Crippen LogP contribution is -2.25. The van der Waals surface area contributed by atoms with Gasteiger partial charge >= 0.3 is 5.97 Å². The minimum atomic E-state index is -0.757. The number of benzene rings is 1. The summed E-state index contributed by atoms with van der Waals surface area (Å²) in [6.45, 7) is 4.98. The second-order valence-corrected chi connectivity index (χ2v) is 6.83. The highest BCUT2D eigenvalue weighted by Crippen LogP contribution is 2.42. The molecule has 31 heavy (non-hydrogen) atoms. The summed E-state index contributed by atoms with van der Waals surface area (Å²) in [6.07, 6.45) is 0.257. The number of hydrogen-bond acceptors (Lipinski definition) is 9. The Bertz CT molecular complexity index is 926. The van der Waals surface area contributed by atoms with Gasteiger partial charge in [-0.2, -0.15) is 5.26 Å². The van der Waals surface area contributed by atoms with Crippen LogP contribution < -0.4 is 15.2 Å². The number of carbonyl (C=O) groups excluding carboxylic acids is 1. The summed E-state index contributed by atoms with van der Waals surface area (Å²) in [7, 11) is 1.53. The van der Waals surface area contributed by atoms with Crippen LogP contribution in [0.5, 0.6) is 11.5 Å². The SMILES string of the molecule is CCOC(=O)C1=C(C)OC(N)=C(C#N)C1c1ccc(OC)c(OCCC2OCCO2)c1. The highest BCUT2D eigenvalue weighted by molar-refractivity contribution is 5.92. The van der Waals surface area contributed by atoms with E-state index in [9.17, 15) is 10.1 Å². The lowest BCUT2D eigenvalue weighted by Gasteiger charge is -2.27. The lowest BCUT2D eigenvalue weighted by molar-refractivity contribution is -0.139. The molecule has 2 aliphatic heterocycles. The summed E-state index contributed by atoms with van der Waals surface area (Å²) < 4.78 is 32.8. The zero-order valence-electron chi connectivity index (χ0n) is 17.8. The summed E-state index contributed by atoms with van der Waals surface area (Å²) >= 11 is 0. The smallest absolute Gasteiger partial charge is 0.338 e. The van der Waals surface area contributed by atoms with Crippen molar-refractivity contribution in [3.8, 4) is 17.6 Å². The van der Waals surface area contributed by atoms with E-state index < -0.39 is 11.9 Å². The maximum Gasteiger partial charge on any atom is 0.338 e. The molecule has 1 fully saturated rings. The molecule has 1 unspecified atom stereocenters. The molecular formula is C22H26N2O7. The molecule has 2 N–H and O–H groups in total. The van der Waals surface area contributed by atoms with Gasteiger partial charge in [0, 0.05) is 6.42 Å². The Balaban J connectivity index is 1.94. The standard InChI is InChI=1S/C22H26N2O7/c1-4-27-22(25)19-13(2)31-21(24)15(12-23)20(19)14-5-6-16(26-3)17(11-14)28-8-7-18-29-9-10-30-18/h5-6,11,18,20H,4,7-10,24H2,1-3H3. The van der Waals surface area contributed by atoms with Gasteiger partial charge in [0.25, 0.3) is 0 Å². The quantitative estimate of drug-likeness (QED) is 0.620. The first-order valence-corrected chi connectivity index (χ1v) is 9.99. The van der Waals surface area contributed by atoms with Crippen LogP contribution in [-0.2, 0) is 23.7 Å². The molecule has 2 aliphatic rings. The molecule has 2 heterocycles. The number of methoxy groups -OCH3 is 1. The number of ether oxygens (including phenoxy) is 6. The van der Waals surface area contributed by atoms with Gasteiger partial charge < -0.3 is 34.2 Å². The van der Waals surface area contributed by atoms with E-state index in [0.717, 1.165) is 0 Å². The van der Waals surface area contributed by atoms with Crippen LogP contribution in [0.3, 0.4) is 0 Å². The van der Waals surface area contributed by atoms with Crippen LogP contribution in [0.1, 0.15) is 31.7 Å². The molecule has 1 aromatic rings. The lowest BCUT2D eigenvalue weighted by atomic mass is 9.83. The van der Waals surface area contributed by atoms with E-state index in [4.69, 9.17) is 34.2 Å². The maximum absolute atomic E-state index is 12.7. The van der Waals surface area contributed by atoms with E-state index in [1.54, 1.807) is 32.0 Å². The van der Waals surface area contributed by atoms with Crippen molar-refractivity contribution in [1.82, 2.24) is 0 Å². The van der Waals surface area contributed by atoms with Crippen molar-refractivity contribution in [3.05, 3.63) is 46.6 Å². The van der Waals surface area contributed by atoms with E-state index in [-0.39, 0.29) is 35.7 Å². The topological polar surface area (TPSA) is 122 Å². The van der Waals surface area contributed by atoms with Crippen molar-refractivity contribution in [2.75, 3.05) is 33.5 Å². The molecule has 0 spiro atoms. The molecule has 9 nitrogen and oxygen atoms in total. The summed E-state index contributed by atoms with van der Waals surface area (Å²) in [5.41, 5.74) is 6.91. The second kappa shape index (κ2) is 10.2. The Morgan fingerprint density at radius 1 is 1.29 bits per heavy atom. The number of nitriles is 1. The van der Waals surface area contributed by atoms with Crippen molar-refractivity contribution < 1.29 is 33.2 Å². The summed E-state index contributed by atoms with van der Waals surface area (Å²) in [6, 6.07) is 7.25. The molecule has 0 saturated carbocycles. The minimum absolute atomic E-state index is 0.0492. The Morgan fingerprint density at radius 3 is 2.68 bits per heavy atom. The Kier molecular flexibility index (Phi) is 7.39. The van der Waals surface area contributed by atoms with Crippen LogP contribution in [0, 0.1) is 11.3 Å². The molecule has 166 valence electrons. The fraction of sp³-hybridized carbons (Fsp3) is 0.455. The van der Waals surface area contributed by atoms with Gasteiger partial charge in [-0.1, -0.05) is 6.07 Å². The highest BCUT2D eigenvalue weighted by Gasteiger charge is 2.36. The largest absolute Gasteiger partial charge is 0.493 e. The molecule has 0 bridgehead atoms. The van der Waals surface area contributed by atoms with Crippen molar-refractivity contribution >= 4 is 5.97 Å². The van der Waals surface area contributed by atoms with E-state index in [2.05, 4.69) is 6.07 Å². The predicted molar refractivity (Wildman–Crippen MR) is 109 cm³/mol. The van der Waals surface area contributed by atoms with E-state index >= 15 is 0 Å². The molecule has 1 saturated heterocycles. The highest BCUT2D eigenvalue weighted by atomic mass is 16.7. The molecule has 3 rings (SSSR count). The number of nitrogens with two attached hydrogens (primary N) is 1. The van der Waals surface area contributed by atoms with Gasteiger partial charge in [0.05, 0.1) is 45.0 Å². The number of carbonyl (C=O) groups is 1. The van der Waals surface area contributed by atoms with Crippen LogP contribution in [0.15, 0.2) is 41.0 Å². The number of esters is 1. The summed E-state index contributed by atoms with van der Waals surface area (Å²) in [5.74, 6) is -0.119. The monoisotopic (exact) mass is 430 g/mol. The number of allylic oxidation sites excluding steroid dienone is 2. The van der Waals surface area contributed by atoms with Crippen LogP contribution in [0.25, 0.3) is 0 Å². The third-order valence-electron chi connectivity index (χ3n) is 4.92. The first kappa shape index (κ1) is 22.5.